The van der Waals surface area contributed by atoms with Gasteiger partial charge in [-0.15, -0.1) is 12.4 Å². The quantitative estimate of drug-likeness (QED) is 0.873. The Morgan fingerprint density at radius 3 is 2.74 bits per heavy atom. The molecule has 0 radical (unpaired) electrons. The van der Waals surface area contributed by atoms with Crippen molar-refractivity contribution in [2.24, 2.45) is 5.73 Å². The maximum atomic E-state index is 12.1. The van der Waals surface area contributed by atoms with E-state index in [9.17, 15) is 18.0 Å². The minimum atomic E-state index is -4.34. The smallest absolute Gasteiger partial charge is 0.322 e. The normalized spacial score (nSPS) is 12.7. The molecule has 110 valence electrons. The molecular formula is C10H16ClF3N4O. The Labute approximate surface area is 114 Å². The first-order valence-electron chi connectivity index (χ1n) is 5.47. The lowest BCUT2D eigenvalue weighted by atomic mass is 10.2. The van der Waals surface area contributed by atoms with E-state index in [0.29, 0.717) is 11.1 Å². The number of nitrogens with one attached hydrogen (secondary N) is 1. The van der Waals surface area contributed by atoms with Gasteiger partial charge >= 0.3 is 6.18 Å². The molecule has 19 heavy (non-hydrogen) atoms. The third-order valence-electron chi connectivity index (χ3n) is 2.18. The van der Waals surface area contributed by atoms with Gasteiger partial charge in [-0.25, -0.2) is 0 Å². The number of nitrogens with two attached hydrogens (primary N) is 1. The van der Waals surface area contributed by atoms with E-state index in [2.05, 4.69) is 10.4 Å². The average molecular weight is 301 g/mol. The third kappa shape index (κ3) is 6.44. The second-order valence-corrected chi connectivity index (χ2v) is 3.93. The molecule has 0 aromatic carbocycles. The van der Waals surface area contributed by atoms with Crippen LogP contribution in [0.3, 0.4) is 0 Å². The van der Waals surface area contributed by atoms with Gasteiger partial charge in [-0.2, -0.15) is 18.3 Å². The van der Waals surface area contributed by atoms with E-state index in [4.69, 9.17) is 5.73 Å². The molecule has 1 aromatic heterocycles. The van der Waals surface area contributed by atoms with Crippen LogP contribution in [0.2, 0.25) is 0 Å². The Morgan fingerprint density at radius 1 is 1.58 bits per heavy atom. The highest BCUT2D eigenvalue weighted by molar-refractivity contribution is 5.94. The van der Waals surface area contributed by atoms with Gasteiger partial charge in [0.05, 0.1) is 17.9 Å². The van der Waals surface area contributed by atoms with Crippen LogP contribution in [0.25, 0.3) is 0 Å². The lowest BCUT2D eigenvalue weighted by Crippen LogP contribution is -2.35. The number of carbonyl (C=O) groups excluding carboxylic acids is 1. The molecule has 1 aromatic rings. The van der Waals surface area contributed by atoms with Crippen LogP contribution in [0.4, 0.5) is 18.9 Å². The zero-order valence-electron chi connectivity index (χ0n) is 10.3. The standard InChI is InChI=1S/C10H15F3N4O.ClH/c1-2-3-8(14)9(18)16-7-4-15-17(5-7)6-10(11,12)13;/h4-5,8H,2-3,6,14H2,1H3,(H,16,18);1H. The summed E-state index contributed by atoms with van der Waals surface area (Å²) in [6, 6.07) is -0.666. The van der Waals surface area contributed by atoms with Gasteiger partial charge < -0.3 is 11.1 Å². The number of aromatic nitrogens is 2. The summed E-state index contributed by atoms with van der Waals surface area (Å²) in [6.07, 6.45) is -0.803. The molecule has 0 aliphatic carbocycles. The van der Waals surface area contributed by atoms with E-state index < -0.39 is 24.7 Å². The Kier molecular flexibility index (Phi) is 6.85. The Bertz CT molecular complexity index is 408. The van der Waals surface area contributed by atoms with Crippen LogP contribution >= 0.6 is 12.4 Å². The van der Waals surface area contributed by atoms with Crippen LogP contribution in [-0.4, -0.2) is 27.9 Å². The van der Waals surface area contributed by atoms with Crippen molar-refractivity contribution in [2.45, 2.75) is 38.5 Å². The highest BCUT2D eigenvalue weighted by atomic mass is 35.5. The predicted octanol–water partition coefficient (Wildman–Crippen LogP) is 1.93. The summed E-state index contributed by atoms with van der Waals surface area (Å²) in [7, 11) is 0. The van der Waals surface area contributed by atoms with Crippen molar-refractivity contribution >= 4 is 24.0 Å². The van der Waals surface area contributed by atoms with Crippen molar-refractivity contribution in [3.8, 4) is 0 Å². The fraction of sp³-hybridized carbons (Fsp3) is 0.600. The summed E-state index contributed by atoms with van der Waals surface area (Å²) in [6.45, 7) is 0.693. The summed E-state index contributed by atoms with van der Waals surface area (Å²) in [5.41, 5.74) is 5.77. The number of rotatable bonds is 5. The van der Waals surface area contributed by atoms with E-state index in [1.165, 1.54) is 0 Å². The fourth-order valence-corrected chi connectivity index (χ4v) is 1.38. The molecule has 3 N–H and O–H groups in total. The van der Waals surface area contributed by atoms with Gasteiger partial charge in [-0.1, -0.05) is 13.3 Å². The molecule has 0 aliphatic rings. The monoisotopic (exact) mass is 300 g/mol. The van der Waals surface area contributed by atoms with Crippen LogP contribution < -0.4 is 11.1 Å². The SMILES string of the molecule is CCCC(N)C(=O)Nc1cnn(CC(F)(F)F)c1.Cl. The second kappa shape index (κ2) is 7.34. The Balaban J connectivity index is 0.00000324. The first kappa shape index (κ1) is 17.7. The maximum absolute atomic E-state index is 12.1. The van der Waals surface area contributed by atoms with E-state index in [-0.39, 0.29) is 18.1 Å². The molecular weight excluding hydrogens is 285 g/mol. The van der Waals surface area contributed by atoms with Crippen LogP contribution in [0.5, 0.6) is 0 Å². The third-order valence-corrected chi connectivity index (χ3v) is 2.18. The zero-order valence-corrected chi connectivity index (χ0v) is 11.1. The second-order valence-electron chi connectivity index (χ2n) is 3.93. The summed E-state index contributed by atoms with van der Waals surface area (Å²) in [5.74, 6) is -0.427. The van der Waals surface area contributed by atoms with Crippen LogP contribution in [0.1, 0.15) is 19.8 Å². The van der Waals surface area contributed by atoms with Gasteiger partial charge in [0.25, 0.3) is 0 Å². The zero-order chi connectivity index (χ0) is 13.8. The minimum absolute atomic E-state index is 0. The van der Waals surface area contributed by atoms with Gasteiger partial charge in [0.15, 0.2) is 0 Å². The molecule has 0 spiro atoms. The molecule has 0 aliphatic heterocycles. The first-order chi connectivity index (χ1) is 8.31. The summed E-state index contributed by atoms with van der Waals surface area (Å²) >= 11 is 0. The van der Waals surface area contributed by atoms with E-state index in [0.717, 1.165) is 18.8 Å². The molecule has 1 atom stereocenters. The minimum Gasteiger partial charge on any atom is -0.322 e. The molecule has 0 fully saturated rings. The molecule has 1 amide bonds. The van der Waals surface area contributed by atoms with Crippen molar-refractivity contribution in [1.82, 2.24) is 9.78 Å². The van der Waals surface area contributed by atoms with Crippen LogP contribution in [0, 0.1) is 0 Å². The average Bonchev–Trinajstić information content (AvgIpc) is 2.63. The molecule has 0 saturated heterocycles. The van der Waals surface area contributed by atoms with E-state index in [1.54, 1.807) is 0 Å². The van der Waals surface area contributed by atoms with Gasteiger partial charge in [-0.05, 0) is 6.42 Å². The lowest BCUT2D eigenvalue weighted by Gasteiger charge is -2.09. The summed E-state index contributed by atoms with van der Waals surface area (Å²) in [5, 5.41) is 5.92. The maximum Gasteiger partial charge on any atom is 0.408 e. The first-order valence-corrected chi connectivity index (χ1v) is 5.47. The van der Waals surface area contributed by atoms with Crippen LogP contribution in [-0.2, 0) is 11.3 Å². The predicted molar refractivity (Wildman–Crippen MR) is 67.0 cm³/mol. The van der Waals surface area contributed by atoms with Crippen molar-refractivity contribution in [1.29, 1.82) is 0 Å². The summed E-state index contributed by atoms with van der Waals surface area (Å²) in [4.78, 5) is 11.5. The van der Waals surface area contributed by atoms with Gasteiger partial charge in [0.1, 0.15) is 6.54 Å². The fourth-order valence-electron chi connectivity index (χ4n) is 1.38. The van der Waals surface area contributed by atoms with Gasteiger partial charge in [0.2, 0.25) is 5.91 Å². The van der Waals surface area contributed by atoms with Gasteiger partial charge in [0, 0.05) is 6.20 Å². The van der Waals surface area contributed by atoms with Crippen molar-refractivity contribution < 1.29 is 18.0 Å². The molecule has 5 nitrogen and oxygen atoms in total. The number of carbonyl (C=O) groups is 1. The molecule has 9 heteroatoms. The highest BCUT2D eigenvalue weighted by Crippen LogP contribution is 2.18. The number of anilines is 1. The molecule has 0 bridgehead atoms. The van der Waals surface area contributed by atoms with Crippen LogP contribution in [0.15, 0.2) is 12.4 Å². The number of amides is 1. The summed E-state index contributed by atoms with van der Waals surface area (Å²) < 4.78 is 36.9. The molecule has 0 saturated carbocycles. The lowest BCUT2D eigenvalue weighted by molar-refractivity contribution is -0.142. The topological polar surface area (TPSA) is 72.9 Å². The number of halogens is 4. The highest BCUT2D eigenvalue weighted by Gasteiger charge is 2.28. The van der Waals surface area contributed by atoms with Crippen molar-refractivity contribution in [2.75, 3.05) is 5.32 Å². The van der Waals surface area contributed by atoms with E-state index in [1.807, 2.05) is 6.92 Å². The number of hydrogen-bond donors (Lipinski definition) is 2. The van der Waals surface area contributed by atoms with Gasteiger partial charge in [-0.3, -0.25) is 9.48 Å². The van der Waals surface area contributed by atoms with Crippen molar-refractivity contribution in [3.63, 3.8) is 0 Å². The Hall–Kier alpha value is -1.28. The molecule has 1 unspecified atom stereocenters. The Morgan fingerprint density at radius 2 is 2.21 bits per heavy atom. The number of alkyl halides is 3. The number of hydrogen-bond acceptors (Lipinski definition) is 3. The van der Waals surface area contributed by atoms with E-state index >= 15 is 0 Å². The number of nitrogens with zero attached hydrogens (tertiary/aromatic N) is 2. The van der Waals surface area contributed by atoms with Crippen molar-refractivity contribution in [3.05, 3.63) is 12.4 Å². The molecule has 1 heterocycles. The molecule has 1 rings (SSSR count). The largest absolute Gasteiger partial charge is 0.408 e.